The van der Waals surface area contributed by atoms with Crippen LogP contribution in [0.25, 0.3) is 10.9 Å². The van der Waals surface area contributed by atoms with Crippen molar-refractivity contribution in [1.82, 2.24) is 9.97 Å². The van der Waals surface area contributed by atoms with Crippen LogP contribution in [0.5, 0.6) is 5.75 Å². The summed E-state index contributed by atoms with van der Waals surface area (Å²) in [6.07, 6.45) is 0.617. The maximum atomic E-state index is 5.91. The van der Waals surface area contributed by atoms with Crippen LogP contribution >= 0.6 is 0 Å². The van der Waals surface area contributed by atoms with Crippen molar-refractivity contribution in [3.05, 3.63) is 24.0 Å². The molecule has 2 rings (SSSR count). The highest BCUT2D eigenvalue weighted by molar-refractivity contribution is 5.89. The third-order valence-electron chi connectivity index (χ3n) is 2.48. The molecular formula is C12H16N4O. The Balaban J connectivity index is 2.51. The van der Waals surface area contributed by atoms with Crippen LogP contribution in [-0.4, -0.2) is 23.1 Å². The summed E-state index contributed by atoms with van der Waals surface area (Å²) in [5.41, 5.74) is 12.4. The first kappa shape index (κ1) is 11.6. The minimum atomic E-state index is 0.0186. The van der Waals surface area contributed by atoms with Gasteiger partial charge in [0.25, 0.3) is 0 Å². The van der Waals surface area contributed by atoms with Crippen LogP contribution in [0, 0.1) is 0 Å². The Kier molecular flexibility index (Phi) is 3.10. The van der Waals surface area contributed by atoms with E-state index in [1.807, 2.05) is 25.1 Å². The molecule has 1 unspecified atom stereocenters. The molecule has 0 radical (unpaired) electrons. The molecule has 1 heterocycles. The first-order valence-electron chi connectivity index (χ1n) is 5.46. The summed E-state index contributed by atoms with van der Waals surface area (Å²) in [4.78, 5) is 8.67. The molecule has 0 saturated heterocycles. The monoisotopic (exact) mass is 232 g/mol. The smallest absolute Gasteiger partial charge is 0.135 e. The van der Waals surface area contributed by atoms with E-state index in [1.54, 1.807) is 7.11 Å². The second-order valence-corrected chi connectivity index (χ2v) is 4.09. The van der Waals surface area contributed by atoms with Gasteiger partial charge in [0.15, 0.2) is 0 Å². The van der Waals surface area contributed by atoms with Crippen molar-refractivity contribution in [3.8, 4) is 5.75 Å². The lowest BCUT2D eigenvalue weighted by molar-refractivity contribution is 0.415. The van der Waals surface area contributed by atoms with Gasteiger partial charge in [-0.15, -0.1) is 0 Å². The maximum absolute atomic E-state index is 5.91. The summed E-state index contributed by atoms with van der Waals surface area (Å²) in [6, 6.07) is 5.58. The molecule has 0 fully saturated rings. The van der Waals surface area contributed by atoms with Gasteiger partial charge >= 0.3 is 0 Å². The SMILES string of the molecule is COc1ccc2nc(CC(C)N)nc(N)c2c1. The number of hydrogen-bond acceptors (Lipinski definition) is 5. The molecule has 0 bridgehead atoms. The fraction of sp³-hybridized carbons (Fsp3) is 0.333. The number of hydrogen-bond donors (Lipinski definition) is 2. The van der Waals surface area contributed by atoms with Crippen LogP contribution in [0.1, 0.15) is 12.7 Å². The lowest BCUT2D eigenvalue weighted by Crippen LogP contribution is -2.19. The molecule has 0 saturated carbocycles. The Morgan fingerprint density at radius 2 is 2.12 bits per heavy atom. The molecule has 5 nitrogen and oxygen atoms in total. The third kappa shape index (κ3) is 2.45. The van der Waals surface area contributed by atoms with Crippen molar-refractivity contribution < 1.29 is 4.74 Å². The van der Waals surface area contributed by atoms with E-state index in [0.717, 1.165) is 16.7 Å². The average molecular weight is 232 g/mol. The molecule has 0 aliphatic heterocycles. The maximum Gasteiger partial charge on any atom is 0.135 e. The lowest BCUT2D eigenvalue weighted by Gasteiger charge is -2.08. The number of rotatable bonds is 3. The topological polar surface area (TPSA) is 87.0 Å². The van der Waals surface area contributed by atoms with E-state index < -0.39 is 0 Å². The zero-order valence-electron chi connectivity index (χ0n) is 9.97. The van der Waals surface area contributed by atoms with E-state index in [-0.39, 0.29) is 6.04 Å². The fourth-order valence-corrected chi connectivity index (χ4v) is 1.69. The molecule has 90 valence electrons. The number of nitrogens with zero attached hydrogens (tertiary/aromatic N) is 2. The average Bonchev–Trinajstić information content (AvgIpc) is 2.28. The number of ether oxygens (including phenoxy) is 1. The molecule has 0 aliphatic carbocycles. The van der Waals surface area contributed by atoms with Gasteiger partial charge < -0.3 is 16.2 Å². The Labute approximate surface area is 99.8 Å². The van der Waals surface area contributed by atoms with Crippen LogP contribution in [0.4, 0.5) is 5.82 Å². The Morgan fingerprint density at radius 3 is 2.76 bits per heavy atom. The quantitative estimate of drug-likeness (QED) is 0.827. The number of benzene rings is 1. The predicted octanol–water partition coefficient (Wildman–Crippen LogP) is 1.11. The van der Waals surface area contributed by atoms with E-state index in [4.69, 9.17) is 16.2 Å². The minimum Gasteiger partial charge on any atom is -0.497 e. The van der Waals surface area contributed by atoms with E-state index >= 15 is 0 Å². The largest absolute Gasteiger partial charge is 0.497 e. The molecule has 1 aromatic heterocycles. The number of nitrogens with two attached hydrogens (primary N) is 2. The van der Waals surface area contributed by atoms with Gasteiger partial charge in [0.1, 0.15) is 17.4 Å². The van der Waals surface area contributed by atoms with E-state index in [9.17, 15) is 0 Å². The highest BCUT2D eigenvalue weighted by Gasteiger charge is 2.07. The zero-order chi connectivity index (χ0) is 12.4. The molecule has 0 amide bonds. The molecule has 0 spiro atoms. The minimum absolute atomic E-state index is 0.0186. The van der Waals surface area contributed by atoms with E-state index in [0.29, 0.717) is 18.1 Å². The summed E-state index contributed by atoms with van der Waals surface area (Å²) in [5.74, 6) is 1.88. The molecule has 0 aliphatic rings. The van der Waals surface area contributed by atoms with E-state index in [1.165, 1.54) is 0 Å². The third-order valence-corrected chi connectivity index (χ3v) is 2.48. The lowest BCUT2D eigenvalue weighted by atomic mass is 10.2. The Hall–Kier alpha value is -1.88. The number of nitrogen functional groups attached to an aromatic ring is 1. The Bertz CT molecular complexity index is 539. The molecule has 1 atom stereocenters. The van der Waals surface area contributed by atoms with Crippen LogP contribution in [0.15, 0.2) is 18.2 Å². The van der Waals surface area contributed by atoms with Crippen LogP contribution < -0.4 is 16.2 Å². The number of fused-ring (bicyclic) bond motifs is 1. The zero-order valence-corrected chi connectivity index (χ0v) is 9.97. The molecular weight excluding hydrogens is 216 g/mol. The van der Waals surface area contributed by atoms with Gasteiger partial charge in [0.2, 0.25) is 0 Å². The van der Waals surface area contributed by atoms with E-state index in [2.05, 4.69) is 9.97 Å². The summed E-state index contributed by atoms with van der Waals surface area (Å²) in [6.45, 7) is 1.91. The summed E-state index contributed by atoms with van der Waals surface area (Å²) < 4.78 is 5.14. The standard InChI is InChI=1S/C12H16N4O/c1-7(13)5-11-15-10-4-3-8(17-2)6-9(10)12(14)16-11/h3-4,6-7H,5,13H2,1-2H3,(H2,14,15,16). The van der Waals surface area contributed by atoms with Gasteiger partial charge in [-0.05, 0) is 25.1 Å². The number of anilines is 1. The highest BCUT2D eigenvalue weighted by atomic mass is 16.5. The van der Waals surface area contributed by atoms with Crippen molar-refractivity contribution in [2.45, 2.75) is 19.4 Å². The summed E-state index contributed by atoms with van der Waals surface area (Å²) in [7, 11) is 1.61. The van der Waals surface area contributed by atoms with Crippen LogP contribution in [-0.2, 0) is 6.42 Å². The van der Waals surface area contributed by atoms with Crippen molar-refractivity contribution in [1.29, 1.82) is 0 Å². The van der Waals surface area contributed by atoms with Gasteiger partial charge in [-0.1, -0.05) is 0 Å². The van der Waals surface area contributed by atoms with Crippen molar-refractivity contribution in [3.63, 3.8) is 0 Å². The first-order valence-corrected chi connectivity index (χ1v) is 5.46. The molecule has 17 heavy (non-hydrogen) atoms. The Morgan fingerprint density at radius 1 is 1.35 bits per heavy atom. The fourth-order valence-electron chi connectivity index (χ4n) is 1.69. The molecule has 5 heteroatoms. The van der Waals surface area contributed by atoms with Gasteiger partial charge in [0, 0.05) is 17.8 Å². The number of methoxy groups -OCH3 is 1. The predicted molar refractivity (Wildman–Crippen MR) is 67.9 cm³/mol. The number of aromatic nitrogens is 2. The van der Waals surface area contributed by atoms with Gasteiger partial charge in [-0.3, -0.25) is 0 Å². The highest BCUT2D eigenvalue weighted by Crippen LogP contribution is 2.23. The van der Waals surface area contributed by atoms with Gasteiger partial charge in [-0.2, -0.15) is 0 Å². The van der Waals surface area contributed by atoms with Crippen molar-refractivity contribution in [2.75, 3.05) is 12.8 Å². The molecule has 2 aromatic rings. The van der Waals surface area contributed by atoms with Gasteiger partial charge in [0.05, 0.1) is 12.6 Å². The van der Waals surface area contributed by atoms with Crippen LogP contribution in [0.3, 0.4) is 0 Å². The second kappa shape index (κ2) is 4.55. The van der Waals surface area contributed by atoms with Crippen molar-refractivity contribution in [2.24, 2.45) is 5.73 Å². The molecule has 4 N–H and O–H groups in total. The normalized spacial score (nSPS) is 12.6. The van der Waals surface area contributed by atoms with Gasteiger partial charge in [-0.25, -0.2) is 9.97 Å². The first-order chi connectivity index (χ1) is 8.10. The second-order valence-electron chi connectivity index (χ2n) is 4.09. The summed E-state index contributed by atoms with van der Waals surface area (Å²) in [5, 5.41) is 0.803. The summed E-state index contributed by atoms with van der Waals surface area (Å²) >= 11 is 0. The van der Waals surface area contributed by atoms with Crippen molar-refractivity contribution >= 4 is 16.7 Å². The van der Waals surface area contributed by atoms with Crippen LogP contribution in [0.2, 0.25) is 0 Å². The molecule has 1 aromatic carbocycles.